The zero-order valence-electron chi connectivity index (χ0n) is 11.9. The van der Waals surface area contributed by atoms with Gasteiger partial charge in [-0.25, -0.2) is 0 Å². The van der Waals surface area contributed by atoms with Crippen molar-refractivity contribution in [3.8, 4) is 0 Å². The minimum absolute atomic E-state index is 0.00989. The molecule has 1 fully saturated rings. The molecule has 1 unspecified atom stereocenters. The third-order valence-corrected chi connectivity index (χ3v) is 3.43. The van der Waals surface area contributed by atoms with Gasteiger partial charge >= 0.3 is 0 Å². The number of rotatable bonds is 5. The molecule has 0 saturated carbocycles. The molecule has 1 aromatic rings. The van der Waals surface area contributed by atoms with Crippen LogP contribution in [0.2, 0.25) is 0 Å². The van der Waals surface area contributed by atoms with E-state index in [9.17, 15) is 15.0 Å². The predicted octanol–water partition coefficient (Wildman–Crippen LogP) is 1.09. The summed E-state index contributed by atoms with van der Waals surface area (Å²) in [6, 6.07) is 8.16. The van der Waals surface area contributed by atoms with Gasteiger partial charge in [-0.3, -0.25) is 4.79 Å². The summed E-state index contributed by atoms with van der Waals surface area (Å²) >= 11 is 0. The molecule has 1 saturated heterocycles. The van der Waals surface area contributed by atoms with Crippen molar-refractivity contribution in [2.75, 3.05) is 6.61 Å². The van der Waals surface area contributed by atoms with Crippen molar-refractivity contribution in [3.63, 3.8) is 0 Å². The molecule has 0 radical (unpaired) electrons. The van der Waals surface area contributed by atoms with Gasteiger partial charge in [0.1, 0.15) is 18.3 Å². The number of nitrogens with zero attached hydrogens (tertiary/aromatic N) is 3. The molecule has 8 heteroatoms. The lowest BCUT2D eigenvalue weighted by molar-refractivity contribution is -0.252. The van der Waals surface area contributed by atoms with Crippen molar-refractivity contribution in [1.82, 2.24) is 0 Å². The third-order valence-electron chi connectivity index (χ3n) is 3.43. The smallest absolute Gasteiger partial charge is 0.184 e. The number of hydrogen-bond donors (Lipinski definition) is 2. The maximum atomic E-state index is 11.2. The fourth-order valence-corrected chi connectivity index (χ4v) is 2.23. The summed E-state index contributed by atoms with van der Waals surface area (Å²) in [7, 11) is 0. The van der Waals surface area contributed by atoms with Crippen LogP contribution in [-0.2, 0) is 14.3 Å². The molecular weight excluding hydrogens is 290 g/mol. The molecule has 22 heavy (non-hydrogen) atoms. The van der Waals surface area contributed by atoms with Gasteiger partial charge < -0.3 is 19.7 Å². The summed E-state index contributed by atoms with van der Waals surface area (Å²) < 4.78 is 11.1. The summed E-state index contributed by atoms with van der Waals surface area (Å²) in [5.41, 5.74) is 9.30. The highest BCUT2D eigenvalue weighted by Crippen LogP contribution is 2.30. The fourth-order valence-electron chi connectivity index (χ4n) is 2.23. The zero-order chi connectivity index (χ0) is 16.1. The largest absolute Gasteiger partial charge is 0.387 e. The average Bonchev–Trinajstić information content (AvgIpc) is 2.55. The van der Waals surface area contributed by atoms with Gasteiger partial charge in [0.2, 0.25) is 0 Å². The molecule has 0 aliphatic carbocycles. The normalized spacial score (nSPS) is 27.5. The van der Waals surface area contributed by atoms with Crippen LogP contribution in [0.25, 0.3) is 10.4 Å². The van der Waals surface area contributed by atoms with E-state index in [0.717, 1.165) is 12.5 Å². The predicted molar refractivity (Wildman–Crippen MR) is 75.6 cm³/mol. The second-order valence-corrected chi connectivity index (χ2v) is 4.99. The van der Waals surface area contributed by atoms with Gasteiger partial charge in [0.25, 0.3) is 0 Å². The van der Waals surface area contributed by atoms with Crippen molar-refractivity contribution in [2.24, 2.45) is 5.11 Å². The van der Waals surface area contributed by atoms with Gasteiger partial charge in [-0.05, 0) is 12.5 Å². The number of hydrogen-bond acceptors (Lipinski definition) is 6. The van der Waals surface area contributed by atoms with Gasteiger partial charge in [0.05, 0.1) is 12.6 Å². The first-order valence-electron chi connectivity index (χ1n) is 6.77. The molecule has 8 nitrogen and oxygen atoms in total. The summed E-state index contributed by atoms with van der Waals surface area (Å²) in [5.74, 6) is -0.599. The Bertz CT molecular complexity index is 561. The Morgan fingerprint density at radius 1 is 1.41 bits per heavy atom. The van der Waals surface area contributed by atoms with Crippen LogP contribution in [0.4, 0.5) is 0 Å². The molecule has 1 aliphatic heterocycles. The quantitative estimate of drug-likeness (QED) is 0.478. The molecule has 2 N–H and O–H groups in total. The second-order valence-electron chi connectivity index (χ2n) is 4.99. The van der Waals surface area contributed by atoms with Gasteiger partial charge in [-0.1, -0.05) is 35.4 Å². The van der Waals surface area contributed by atoms with Gasteiger partial charge in [-0.15, -0.1) is 0 Å². The van der Waals surface area contributed by atoms with E-state index in [0.29, 0.717) is 0 Å². The van der Waals surface area contributed by atoms with E-state index in [1.807, 2.05) is 6.07 Å². The summed E-state index contributed by atoms with van der Waals surface area (Å²) in [6.45, 7) is 1.17. The molecule has 0 amide bonds. The van der Waals surface area contributed by atoms with E-state index < -0.39 is 36.4 Å². The van der Waals surface area contributed by atoms with Crippen molar-refractivity contribution < 1.29 is 24.5 Å². The van der Waals surface area contributed by atoms with Crippen LogP contribution in [-0.4, -0.2) is 47.0 Å². The lowest BCUT2D eigenvalue weighted by Crippen LogP contribution is -2.52. The van der Waals surface area contributed by atoms with Crippen LogP contribution < -0.4 is 0 Å². The van der Waals surface area contributed by atoms with E-state index in [-0.39, 0.29) is 6.61 Å². The Kier molecular flexibility index (Phi) is 5.48. The minimum atomic E-state index is -1.61. The van der Waals surface area contributed by atoms with Gasteiger partial charge in [0.15, 0.2) is 12.1 Å². The van der Waals surface area contributed by atoms with Crippen molar-refractivity contribution in [1.29, 1.82) is 0 Å². The van der Waals surface area contributed by atoms with E-state index >= 15 is 0 Å². The lowest BCUT2D eigenvalue weighted by atomic mass is 9.98. The number of Topliss-reactive ketones (excluding diaryl/α,β-unsaturated/α-hetero) is 1. The number of aliphatic hydroxyl groups excluding tert-OH is 2. The third kappa shape index (κ3) is 3.62. The Morgan fingerprint density at radius 3 is 2.68 bits per heavy atom. The number of carbonyl (C=O) groups is 1. The monoisotopic (exact) mass is 307 g/mol. The van der Waals surface area contributed by atoms with E-state index in [4.69, 9.17) is 15.0 Å². The van der Waals surface area contributed by atoms with Crippen molar-refractivity contribution >= 4 is 5.78 Å². The molecule has 0 aromatic heterocycles. The first-order valence-corrected chi connectivity index (χ1v) is 6.77. The van der Waals surface area contributed by atoms with Crippen LogP contribution in [0.15, 0.2) is 35.4 Å². The highest BCUT2D eigenvalue weighted by Gasteiger charge is 2.40. The summed E-state index contributed by atoms with van der Waals surface area (Å²) in [4.78, 5) is 13.9. The van der Waals surface area contributed by atoms with Gasteiger partial charge in [-0.2, -0.15) is 0 Å². The molecular formula is C14H17N3O5. The number of azide groups is 1. The molecule has 0 spiro atoms. The SMILES string of the molecule is CC(=O)[C@H](O)[C@H](O)[C@@H]1OC(c2ccccc2)OC[C@H]1N=[N+]=[N-]. The maximum absolute atomic E-state index is 11.2. The molecule has 1 heterocycles. The van der Waals surface area contributed by atoms with Crippen molar-refractivity contribution in [3.05, 3.63) is 46.3 Å². The first kappa shape index (κ1) is 16.4. The number of aliphatic hydroxyl groups is 2. The Balaban J connectivity index is 2.20. The Morgan fingerprint density at radius 2 is 2.09 bits per heavy atom. The maximum Gasteiger partial charge on any atom is 0.184 e. The highest BCUT2D eigenvalue weighted by atomic mass is 16.7. The molecule has 0 bridgehead atoms. The molecule has 5 atom stereocenters. The van der Waals surface area contributed by atoms with Gasteiger partial charge in [0, 0.05) is 10.5 Å². The van der Waals surface area contributed by atoms with Crippen LogP contribution in [0.3, 0.4) is 0 Å². The number of benzene rings is 1. The Labute approximate surface area is 126 Å². The Hall–Kier alpha value is -1.96. The summed E-state index contributed by atoms with van der Waals surface area (Å²) in [6.07, 6.45) is -4.95. The second kappa shape index (κ2) is 7.35. The van der Waals surface area contributed by atoms with Crippen molar-refractivity contribution in [2.45, 2.75) is 37.6 Å². The topological polar surface area (TPSA) is 125 Å². The molecule has 1 aromatic carbocycles. The number of ether oxygens (including phenoxy) is 2. The summed E-state index contributed by atoms with van der Waals surface area (Å²) in [5, 5.41) is 23.4. The van der Waals surface area contributed by atoms with Crippen LogP contribution in [0.1, 0.15) is 18.8 Å². The minimum Gasteiger partial charge on any atom is -0.387 e. The van der Waals surface area contributed by atoms with Crippen LogP contribution >= 0.6 is 0 Å². The zero-order valence-corrected chi connectivity index (χ0v) is 11.9. The number of ketones is 1. The molecule has 2 rings (SSSR count). The van der Waals surface area contributed by atoms with Crippen LogP contribution in [0.5, 0.6) is 0 Å². The fraction of sp³-hybridized carbons (Fsp3) is 0.500. The van der Waals surface area contributed by atoms with E-state index in [1.165, 1.54) is 0 Å². The van der Waals surface area contributed by atoms with E-state index in [1.54, 1.807) is 24.3 Å². The molecule has 1 aliphatic rings. The number of carbonyl (C=O) groups excluding carboxylic acids is 1. The first-order chi connectivity index (χ1) is 10.5. The highest BCUT2D eigenvalue weighted by molar-refractivity contribution is 5.80. The lowest BCUT2D eigenvalue weighted by Gasteiger charge is -2.37. The standard InChI is InChI=1S/C14H17N3O5/c1-8(18)11(19)12(20)13-10(16-17-15)7-21-14(22-13)9-5-3-2-4-6-9/h2-6,10-14,19-20H,7H2,1H3/t10-,11+,12+,13-,14?/m1/s1. The van der Waals surface area contributed by atoms with E-state index in [2.05, 4.69) is 10.0 Å². The average molecular weight is 307 g/mol. The van der Waals surface area contributed by atoms with Crippen LogP contribution in [0, 0.1) is 0 Å². The molecule has 118 valence electrons.